The molecule has 0 unspecified atom stereocenters. The minimum absolute atomic E-state index is 0.0384. The molecule has 1 aromatic heterocycles. The van der Waals surface area contributed by atoms with E-state index in [1.165, 1.54) is 12.1 Å². The Balaban J connectivity index is 1.70. The van der Waals surface area contributed by atoms with Crippen molar-refractivity contribution in [3.05, 3.63) is 76.7 Å². The fourth-order valence-electron chi connectivity index (χ4n) is 3.09. The fourth-order valence-corrected chi connectivity index (χ4v) is 3.09. The van der Waals surface area contributed by atoms with Gasteiger partial charge in [0.05, 0.1) is 5.69 Å². The molecule has 1 amide bonds. The van der Waals surface area contributed by atoms with Gasteiger partial charge in [-0.25, -0.2) is 0 Å². The number of furan rings is 1. The predicted octanol–water partition coefficient (Wildman–Crippen LogP) is 6.45. The number of benzene rings is 2. The molecule has 1 N–H and O–H groups in total. The molecule has 3 aromatic rings. The average molecular weight is 429 g/mol. The van der Waals surface area contributed by atoms with Gasteiger partial charge < -0.3 is 19.2 Å². The number of hydrogen-bond donors (Lipinski definition) is 1. The summed E-state index contributed by atoms with van der Waals surface area (Å²) < 4.78 is 41.2. The van der Waals surface area contributed by atoms with Gasteiger partial charge in [-0.2, -0.15) is 8.78 Å². The molecule has 5 nitrogen and oxygen atoms in total. The Morgan fingerprint density at radius 3 is 2.42 bits per heavy atom. The predicted molar refractivity (Wildman–Crippen MR) is 114 cm³/mol. The SMILES string of the molecule is Cc1ccc(OC(F)F)c(NC(=O)c2ccc(COc3cc(C)ccc3C(C)C)o2)c1. The maximum Gasteiger partial charge on any atom is 0.387 e. The monoisotopic (exact) mass is 429 g/mol. The lowest BCUT2D eigenvalue weighted by atomic mass is 10.0. The highest BCUT2D eigenvalue weighted by Crippen LogP contribution is 2.29. The number of ether oxygens (including phenoxy) is 2. The normalized spacial score (nSPS) is 11.1. The lowest BCUT2D eigenvalue weighted by molar-refractivity contribution is -0.0493. The van der Waals surface area contributed by atoms with Gasteiger partial charge in [0.25, 0.3) is 5.91 Å². The van der Waals surface area contributed by atoms with Crippen molar-refractivity contribution in [2.45, 2.75) is 46.8 Å². The molecular weight excluding hydrogens is 404 g/mol. The summed E-state index contributed by atoms with van der Waals surface area (Å²) in [6.45, 7) is 5.10. The lowest BCUT2D eigenvalue weighted by Crippen LogP contribution is -2.13. The number of nitrogens with one attached hydrogen (secondary N) is 1. The molecule has 0 aliphatic carbocycles. The lowest BCUT2D eigenvalue weighted by Gasteiger charge is -2.14. The first kappa shape index (κ1) is 22.3. The Bertz CT molecular complexity index is 1060. The summed E-state index contributed by atoms with van der Waals surface area (Å²) in [6, 6.07) is 13.7. The Hall–Kier alpha value is -3.35. The van der Waals surface area contributed by atoms with Gasteiger partial charge in [0, 0.05) is 0 Å². The number of carbonyl (C=O) groups is 1. The van der Waals surface area contributed by atoms with Crippen LogP contribution < -0.4 is 14.8 Å². The summed E-state index contributed by atoms with van der Waals surface area (Å²) in [7, 11) is 0. The highest BCUT2D eigenvalue weighted by Gasteiger charge is 2.17. The zero-order chi connectivity index (χ0) is 22.5. The molecule has 0 aliphatic rings. The first-order chi connectivity index (χ1) is 14.7. The standard InChI is InChI=1S/C24H25F2NO4/c1-14(2)18-8-5-16(4)12-22(18)29-13-17-7-10-21(30-17)23(28)27-19-11-15(3)6-9-20(19)31-24(25)26/h5-12,14,24H,13H2,1-4H3,(H,27,28). The van der Waals surface area contributed by atoms with Gasteiger partial charge in [0.15, 0.2) is 5.76 Å². The average Bonchev–Trinajstić information content (AvgIpc) is 3.17. The number of hydrogen-bond acceptors (Lipinski definition) is 4. The summed E-state index contributed by atoms with van der Waals surface area (Å²) >= 11 is 0. The molecule has 0 saturated carbocycles. The molecule has 164 valence electrons. The van der Waals surface area contributed by atoms with Crippen LogP contribution in [0.15, 0.2) is 52.9 Å². The van der Waals surface area contributed by atoms with Crippen LogP contribution in [-0.4, -0.2) is 12.5 Å². The second-order valence-electron chi connectivity index (χ2n) is 7.58. The summed E-state index contributed by atoms with van der Waals surface area (Å²) in [5, 5.41) is 2.56. The van der Waals surface area contributed by atoms with Crippen LogP contribution in [0.1, 0.15) is 52.8 Å². The number of rotatable bonds is 8. The molecule has 3 rings (SSSR count). The first-order valence-electron chi connectivity index (χ1n) is 9.92. The van der Waals surface area contributed by atoms with Gasteiger partial charge in [0.2, 0.25) is 0 Å². The first-order valence-corrected chi connectivity index (χ1v) is 9.92. The second-order valence-corrected chi connectivity index (χ2v) is 7.58. The fraction of sp³-hybridized carbons (Fsp3) is 0.292. The van der Waals surface area contributed by atoms with Crippen LogP contribution in [0.4, 0.5) is 14.5 Å². The number of anilines is 1. The molecule has 1 heterocycles. The molecule has 0 bridgehead atoms. The van der Waals surface area contributed by atoms with Crippen molar-refractivity contribution < 1.29 is 27.5 Å². The number of aryl methyl sites for hydroxylation is 2. The zero-order valence-electron chi connectivity index (χ0n) is 17.9. The summed E-state index contributed by atoms with van der Waals surface area (Å²) in [4.78, 5) is 12.6. The van der Waals surface area contributed by atoms with Crippen molar-refractivity contribution in [2.24, 2.45) is 0 Å². The summed E-state index contributed by atoms with van der Waals surface area (Å²) in [6.07, 6.45) is 0. The molecular formula is C24H25F2NO4. The van der Waals surface area contributed by atoms with E-state index in [-0.39, 0.29) is 23.8 Å². The minimum Gasteiger partial charge on any atom is -0.485 e. The largest absolute Gasteiger partial charge is 0.485 e. The van der Waals surface area contributed by atoms with Gasteiger partial charge >= 0.3 is 6.61 Å². The third kappa shape index (κ3) is 5.84. The maximum atomic E-state index is 12.6. The molecule has 0 fully saturated rings. The number of alkyl halides is 2. The van der Waals surface area contributed by atoms with Gasteiger partial charge in [0.1, 0.15) is 23.9 Å². The Morgan fingerprint density at radius 1 is 1.00 bits per heavy atom. The van der Waals surface area contributed by atoms with Crippen molar-refractivity contribution >= 4 is 11.6 Å². The van der Waals surface area contributed by atoms with Gasteiger partial charge in [-0.3, -0.25) is 4.79 Å². The maximum absolute atomic E-state index is 12.6. The zero-order valence-corrected chi connectivity index (χ0v) is 17.9. The number of carbonyl (C=O) groups excluding carboxylic acids is 1. The molecule has 0 radical (unpaired) electrons. The molecule has 0 saturated heterocycles. The van der Waals surface area contributed by atoms with Crippen molar-refractivity contribution in [3.8, 4) is 11.5 Å². The van der Waals surface area contributed by atoms with Crippen LogP contribution in [0.3, 0.4) is 0 Å². The van der Waals surface area contributed by atoms with Crippen molar-refractivity contribution in [1.82, 2.24) is 0 Å². The second kappa shape index (κ2) is 9.64. The molecule has 0 spiro atoms. The van der Waals surface area contributed by atoms with E-state index < -0.39 is 12.5 Å². The smallest absolute Gasteiger partial charge is 0.387 e. The topological polar surface area (TPSA) is 60.7 Å². The van der Waals surface area contributed by atoms with Crippen LogP contribution in [-0.2, 0) is 6.61 Å². The molecule has 0 atom stereocenters. The van der Waals surface area contributed by atoms with E-state index in [1.54, 1.807) is 25.1 Å². The van der Waals surface area contributed by atoms with Crippen molar-refractivity contribution in [3.63, 3.8) is 0 Å². The van der Waals surface area contributed by atoms with Crippen LogP contribution >= 0.6 is 0 Å². The molecule has 31 heavy (non-hydrogen) atoms. The highest BCUT2D eigenvalue weighted by molar-refractivity contribution is 6.03. The van der Waals surface area contributed by atoms with Gasteiger partial charge in [-0.15, -0.1) is 0 Å². The van der Waals surface area contributed by atoms with Crippen molar-refractivity contribution in [1.29, 1.82) is 0 Å². The van der Waals surface area contributed by atoms with E-state index in [0.29, 0.717) is 11.7 Å². The van der Waals surface area contributed by atoms with Gasteiger partial charge in [-0.1, -0.05) is 32.0 Å². The Labute approximate surface area is 180 Å². The van der Waals surface area contributed by atoms with Crippen LogP contribution in [0, 0.1) is 13.8 Å². The van der Waals surface area contributed by atoms with E-state index in [4.69, 9.17) is 9.15 Å². The van der Waals surface area contributed by atoms with E-state index in [0.717, 1.165) is 22.4 Å². The van der Waals surface area contributed by atoms with Crippen molar-refractivity contribution in [2.75, 3.05) is 5.32 Å². The third-order valence-electron chi connectivity index (χ3n) is 4.65. The van der Waals surface area contributed by atoms with E-state index in [9.17, 15) is 13.6 Å². The van der Waals surface area contributed by atoms with E-state index >= 15 is 0 Å². The third-order valence-corrected chi connectivity index (χ3v) is 4.65. The quantitative estimate of drug-likeness (QED) is 0.447. The highest BCUT2D eigenvalue weighted by atomic mass is 19.3. The van der Waals surface area contributed by atoms with Crippen LogP contribution in [0.5, 0.6) is 11.5 Å². The van der Waals surface area contributed by atoms with Gasteiger partial charge in [-0.05, 0) is 66.8 Å². The number of amides is 1. The number of halogens is 2. The van der Waals surface area contributed by atoms with E-state index in [2.05, 4.69) is 23.9 Å². The summed E-state index contributed by atoms with van der Waals surface area (Å²) in [5.41, 5.74) is 3.09. The molecule has 2 aromatic carbocycles. The molecule has 7 heteroatoms. The summed E-state index contributed by atoms with van der Waals surface area (Å²) in [5.74, 6) is 0.878. The minimum atomic E-state index is -3.00. The Morgan fingerprint density at radius 2 is 1.71 bits per heavy atom. The van der Waals surface area contributed by atoms with Crippen LogP contribution in [0.25, 0.3) is 0 Å². The Kier molecular flexibility index (Phi) is 6.95. The molecule has 0 aliphatic heterocycles. The van der Waals surface area contributed by atoms with Crippen LogP contribution in [0.2, 0.25) is 0 Å². The van der Waals surface area contributed by atoms with E-state index in [1.807, 2.05) is 25.1 Å².